The van der Waals surface area contributed by atoms with Gasteiger partial charge in [-0.2, -0.15) is 0 Å². The molecule has 1 atom stereocenters. The number of nitrogens with zero attached hydrogens (tertiary/aromatic N) is 2. The van der Waals surface area contributed by atoms with E-state index in [1.54, 1.807) is 0 Å². The Labute approximate surface area is 285 Å². The summed E-state index contributed by atoms with van der Waals surface area (Å²) in [5.41, 5.74) is 14.4. The fraction of sp³-hybridized carbons (Fsp3) is 0.174. The number of fused-ring (bicyclic) bond motifs is 4. The van der Waals surface area contributed by atoms with E-state index in [0.717, 1.165) is 19.3 Å². The summed E-state index contributed by atoms with van der Waals surface area (Å²) in [6, 6.07) is 46.8. The summed E-state index contributed by atoms with van der Waals surface area (Å²) >= 11 is 0. The van der Waals surface area contributed by atoms with Gasteiger partial charge in [-0.15, -0.1) is 0 Å². The van der Waals surface area contributed by atoms with Gasteiger partial charge in [-0.05, 0) is 95.6 Å². The molecule has 0 spiro atoms. The van der Waals surface area contributed by atoms with Gasteiger partial charge in [-0.25, -0.2) is 0 Å². The molecule has 2 nitrogen and oxygen atoms in total. The Morgan fingerprint density at radius 1 is 0.771 bits per heavy atom. The molecule has 2 heteroatoms. The third-order valence-electron chi connectivity index (χ3n) is 10.4. The third kappa shape index (κ3) is 5.22. The number of allylic oxidation sites excluding steroid dienone is 4. The first-order chi connectivity index (χ1) is 23.5. The molecule has 0 aliphatic heterocycles. The molecule has 2 aliphatic carbocycles. The first-order valence-corrected chi connectivity index (χ1v) is 17.3. The highest BCUT2D eigenvalue weighted by molar-refractivity contribution is 5.91. The highest BCUT2D eigenvalue weighted by Crippen LogP contribution is 2.46. The lowest BCUT2D eigenvalue weighted by atomic mass is 9.82. The summed E-state index contributed by atoms with van der Waals surface area (Å²) < 4.78 is 2.43. The summed E-state index contributed by atoms with van der Waals surface area (Å²) in [6.07, 6.45) is 14.6. The Hall–Kier alpha value is -5.34. The topological polar surface area (TPSA) is 8.17 Å². The van der Waals surface area contributed by atoms with E-state index in [1.807, 2.05) is 0 Å². The maximum absolute atomic E-state index is 2.57. The maximum Gasteiger partial charge on any atom is 0.0567 e. The fourth-order valence-electron chi connectivity index (χ4n) is 7.84. The molecule has 8 rings (SSSR count). The Morgan fingerprint density at radius 2 is 1.46 bits per heavy atom. The van der Waals surface area contributed by atoms with Crippen LogP contribution in [0.2, 0.25) is 0 Å². The molecule has 236 valence electrons. The lowest BCUT2D eigenvalue weighted by Gasteiger charge is -2.35. The summed E-state index contributed by atoms with van der Waals surface area (Å²) in [5, 5.41) is 1.33. The van der Waals surface area contributed by atoms with E-state index in [2.05, 4.69) is 188 Å². The lowest BCUT2D eigenvalue weighted by Crippen LogP contribution is -2.33. The Morgan fingerprint density at radius 3 is 2.23 bits per heavy atom. The van der Waals surface area contributed by atoms with Crippen molar-refractivity contribution in [3.05, 3.63) is 180 Å². The third-order valence-corrected chi connectivity index (χ3v) is 10.4. The Balaban J connectivity index is 1.24. The molecular weight excluding hydrogens is 581 g/mol. The van der Waals surface area contributed by atoms with Gasteiger partial charge in [-0.3, -0.25) is 0 Å². The van der Waals surface area contributed by atoms with Crippen molar-refractivity contribution in [3.63, 3.8) is 0 Å². The second kappa shape index (κ2) is 12.4. The minimum absolute atomic E-state index is 0.0229. The van der Waals surface area contributed by atoms with Crippen molar-refractivity contribution < 1.29 is 0 Å². The van der Waals surface area contributed by atoms with Crippen molar-refractivity contribution in [2.45, 2.75) is 51.5 Å². The van der Waals surface area contributed by atoms with Crippen LogP contribution in [0.5, 0.6) is 0 Å². The van der Waals surface area contributed by atoms with E-state index in [9.17, 15) is 0 Å². The van der Waals surface area contributed by atoms with Crippen LogP contribution in [0.4, 0.5) is 11.4 Å². The largest absolute Gasteiger partial charge is 0.334 e. The number of hydrogen-bond acceptors (Lipinski definition) is 1. The zero-order valence-electron chi connectivity index (χ0n) is 28.1. The number of aromatic nitrogens is 1. The van der Waals surface area contributed by atoms with Crippen molar-refractivity contribution in [1.82, 2.24) is 4.57 Å². The highest BCUT2D eigenvalue weighted by Gasteiger charge is 2.35. The van der Waals surface area contributed by atoms with Gasteiger partial charge in [0.1, 0.15) is 0 Å². The molecule has 6 aromatic rings. The quantitative estimate of drug-likeness (QED) is 0.172. The number of rotatable bonds is 7. The first kappa shape index (κ1) is 30.0. The fourth-order valence-corrected chi connectivity index (χ4v) is 7.84. The van der Waals surface area contributed by atoms with Gasteiger partial charge < -0.3 is 9.47 Å². The van der Waals surface area contributed by atoms with Crippen molar-refractivity contribution in [2.24, 2.45) is 0 Å². The van der Waals surface area contributed by atoms with Crippen molar-refractivity contribution in [3.8, 4) is 16.8 Å². The number of anilines is 2. The summed E-state index contributed by atoms with van der Waals surface area (Å²) in [5.74, 6) is 0. The van der Waals surface area contributed by atoms with Crippen LogP contribution in [0.3, 0.4) is 0 Å². The minimum Gasteiger partial charge on any atom is -0.334 e. The lowest BCUT2D eigenvalue weighted by molar-refractivity contribution is 0.643. The normalized spacial score (nSPS) is 17.2. The Kier molecular flexibility index (Phi) is 7.73. The van der Waals surface area contributed by atoms with E-state index in [4.69, 9.17) is 0 Å². The van der Waals surface area contributed by atoms with Crippen LogP contribution in [-0.2, 0) is 18.3 Å². The maximum atomic E-state index is 2.57. The average Bonchev–Trinajstić information content (AvgIpc) is 3.59. The van der Waals surface area contributed by atoms with Crippen molar-refractivity contribution >= 4 is 28.4 Å². The predicted octanol–water partition coefficient (Wildman–Crippen LogP) is 11.8. The molecule has 0 radical (unpaired) electrons. The molecule has 0 saturated heterocycles. The number of benzene rings is 5. The molecule has 1 aromatic heterocycles. The van der Waals surface area contributed by atoms with Gasteiger partial charge in [0.2, 0.25) is 0 Å². The van der Waals surface area contributed by atoms with Crippen LogP contribution >= 0.6 is 0 Å². The molecule has 0 saturated carbocycles. The molecule has 0 amide bonds. The molecule has 0 bridgehead atoms. The first-order valence-electron chi connectivity index (χ1n) is 17.3. The number of hydrogen-bond donors (Lipinski definition) is 0. The van der Waals surface area contributed by atoms with Crippen LogP contribution in [-0.4, -0.2) is 10.6 Å². The second-order valence-corrected chi connectivity index (χ2v) is 13.6. The van der Waals surface area contributed by atoms with Crippen molar-refractivity contribution in [1.29, 1.82) is 0 Å². The van der Waals surface area contributed by atoms with Gasteiger partial charge in [0.25, 0.3) is 0 Å². The zero-order chi connectivity index (χ0) is 32.7. The van der Waals surface area contributed by atoms with Gasteiger partial charge in [0, 0.05) is 33.6 Å². The Bertz CT molecular complexity index is 2180. The van der Waals surface area contributed by atoms with Gasteiger partial charge in [-0.1, -0.05) is 136 Å². The van der Waals surface area contributed by atoms with Crippen LogP contribution in [0.1, 0.15) is 49.6 Å². The molecule has 1 unspecified atom stereocenters. The smallest absolute Gasteiger partial charge is 0.0567 e. The molecule has 48 heavy (non-hydrogen) atoms. The van der Waals surface area contributed by atoms with E-state index in [-0.39, 0.29) is 11.5 Å². The number of para-hydroxylation sites is 2. The van der Waals surface area contributed by atoms with Crippen LogP contribution in [0, 0.1) is 0 Å². The molecule has 0 fully saturated rings. The minimum atomic E-state index is -0.0229. The SMILES string of the molecule is CC/C=C\C=C1/Cc2ccc(N(c3ccc(-c4ccccc4)cc3)C3C=Cc4c(c5ccccc5n4-c4ccccc4)C3)cc2C1(C)C. The van der Waals surface area contributed by atoms with E-state index >= 15 is 0 Å². The van der Waals surface area contributed by atoms with E-state index in [1.165, 1.54) is 67.0 Å². The monoisotopic (exact) mass is 622 g/mol. The van der Waals surface area contributed by atoms with Gasteiger partial charge in [0.15, 0.2) is 0 Å². The summed E-state index contributed by atoms with van der Waals surface area (Å²) in [7, 11) is 0. The summed E-state index contributed by atoms with van der Waals surface area (Å²) in [4.78, 5) is 2.57. The molecule has 0 N–H and O–H groups in total. The second-order valence-electron chi connectivity index (χ2n) is 13.6. The van der Waals surface area contributed by atoms with Crippen LogP contribution < -0.4 is 4.90 Å². The average molecular weight is 623 g/mol. The highest BCUT2D eigenvalue weighted by atomic mass is 15.2. The van der Waals surface area contributed by atoms with E-state index in [0.29, 0.717) is 0 Å². The zero-order valence-corrected chi connectivity index (χ0v) is 28.1. The predicted molar refractivity (Wildman–Crippen MR) is 205 cm³/mol. The van der Waals surface area contributed by atoms with Gasteiger partial charge in [0.05, 0.1) is 11.6 Å². The van der Waals surface area contributed by atoms with Crippen LogP contribution in [0.15, 0.2) is 157 Å². The molecular formula is C46H42N2. The van der Waals surface area contributed by atoms with Crippen molar-refractivity contribution in [2.75, 3.05) is 4.90 Å². The standard InChI is InChI=1S/C46H42N2/c1-4-5-8-17-36-30-35-24-27-40(32-43(35)46(36,2)3)47(38-25-22-34(23-26-38)33-15-9-6-10-16-33)39-28-29-45-42(31-39)41-20-13-14-21-44(41)48(45)37-18-11-7-12-19-37/h5-29,32,39H,4,30-31H2,1-3H3/b8-5-,36-17+. The molecule has 1 heterocycles. The van der Waals surface area contributed by atoms with E-state index < -0.39 is 0 Å². The molecule has 5 aromatic carbocycles. The van der Waals surface area contributed by atoms with Gasteiger partial charge >= 0.3 is 0 Å². The van der Waals surface area contributed by atoms with Crippen LogP contribution in [0.25, 0.3) is 33.8 Å². The molecule has 2 aliphatic rings. The summed E-state index contributed by atoms with van der Waals surface area (Å²) in [6.45, 7) is 6.97.